The molecule has 0 bridgehead atoms. The summed E-state index contributed by atoms with van der Waals surface area (Å²) in [5.41, 5.74) is 4.29. The SMILES string of the molecule is NC(c1noc(-c2c(F)ccc([N+](=O)[O-])c2F)n1)C1CC1. The molecular formula is C12H10F2N4O3. The molecular weight excluding hydrogens is 286 g/mol. The van der Waals surface area contributed by atoms with E-state index in [0.717, 1.165) is 25.0 Å². The van der Waals surface area contributed by atoms with E-state index in [9.17, 15) is 18.9 Å². The molecule has 1 aromatic heterocycles. The minimum Gasteiger partial charge on any atom is -0.334 e. The first-order valence-corrected chi connectivity index (χ1v) is 6.21. The Morgan fingerprint density at radius 3 is 2.76 bits per heavy atom. The fourth-order valence-corrected chi connectivity index (χ4v) is 2.02. The first-order valence-electron chi connectivity index (χ1n) is 6.21. The first-order chi connectivity index (χ1) is 9.99. The van der Waals surface area contributed by atoms with Crippen LogP contribution in [-0.4, -0.2) is 15.1 Å². The van der Waals surface area contributed by atoms with E-state index in [1.807, 2.05) is 0 Å². The minimum absolute atomic E-state index is 0.137. The third kappa shape index (κ3) is 2.35. The zero-order valence-electron chi connectivity index (χ0n) is 10.6. The average molecular weight is 296 g/mol. The zero-order valence-corrected chi connectivity index (χ0v) is 10.6. The van der Waals surface area contributed by atoms with Crippen molar-refractivity contribution >= 4 is 5.69 Å². The van der Waals surface area contributed by atoms with Gasteiger partial charge in [0.05, 0.1) is 11.0 Å². The predicted octanol–water partition coefficient (Wildman–Crippen LogP) is 2.33. The molecule has 21 heavy (non-hydrogen) atoms. The van der Waals surface area contributed by atoms with Crippen LogP contribution in [0.5, 0.6) is 0 Å². The molecule has 0 aliphatic heterocycles. The van der Waals surface area contributed by atoms with Gasteiger partial charge in [-0.25, -0.2) is 4.39 Å². The lowest BCUT2D eigenvalue weighted by atomic mass is 10.1. The van der Waals surface area contributed by atoms with Crippen molar-refractivity contribution in [2.75, 3.05) is 0 Å². The molecule has 0 amide bonds. The number of halogens is 2. The van der Waals surface area contributed by atoms with Gasteiger partial charge in [-0.15, -0.1) is 0 Å². The molecule has 0 saturated heterocycles. The fraction of sp³-hybridized carbons (Fsp3) is 0.333. The van der Waals surface area contributed by atoms with E-state index in [0.29, 0.717) is 0 Å². The molecule has 1 heterocycles. The van der Waals surface area contributed by atoms with E-state index in [2.05, 4.69) is 10.1 Å². The van der Waals surface area contributed by atoms with Crippen LogP contribution < -0.4 is 5.73 Å². The van der Waals surface area contributed by atoms with Gasteiger partial charge in [-0.05, 0) is 24.8 Å². The molecule has 0 radical (unpaired) electrons. The summed E-state index contributed by atoms with van der Waals surface area (Å²) in [6.07, 6.45) is 1.87. The van der Waals surface area contributed by atoms with Crippen molar-refractivity contribution < 1.29 is 18.2 Å². The lowest BCUT2D eigenvalue weighted by Gasteiger charge is -2.02. The van der Waals surface area contributed by atoms with Crippen LogP contribution in [0.15, 0.2) is 16.7 Å². The molecule has 1 aliphatic rings. The summed E-state index contributed by atoms with van der Waals surface area (Å²) in [4.78, 5) is 13.6. The summed E-state index contributed by atoms with van der Waals surface area (Å²) in [6.45, 7) is 0. The van der Waals surface area contributed by atoms with E-state index in [1.165, 1.54) is 0 Å². The Hall–Kier alpha value is -2.42. The van der Waals surface area contributed by atoms with E-state index in [4.69, 9.17) is 10.3 Å². The van der Waals surface area contributed by atoms with Crippen LogP contribution in [-0.2, 0) is 0 Å². The van der Waals surface area contributed by atoms with E-state index in [-0.39, 0.29) is 11.7 Å². The van der Waals surface area contributed by atoms with Gasteiger partial charge in [-0.1, -0.05) is 5.16 Å². The Bertz CT molecular complexity index is 715. The number of hydrogen-bond acceptors (Lipinski definition) is 6. The van der Waals surface area contributed by atoms with Crippen molar-refractivity contribution in [1.82, 2.24) is 10.1 Å². The number of nitro groups is 1. The highest BCUT2D eigenvalue weighted by molar-refractivity contribution is 5.60. The largest absolute Gasteiger partial charge is 0.334 e. The Labute approximate surface area is 116 Å². The second-order valence-electron chi connectivity index (χ2n) is 4.83. The monoisotopic (exact) mass is 296 g/mol. The van der Waals surface area contributed by atoms with Gasteiger partial charge in [-0.3, -0.25) is 10.1 Å². The molecule has 1 aromatic carbocycles. The Morgan fingerprint density at radius 2 is 2.14 bits per heavy atom. The maximum atomic E-state index is 14.0. The van der Waals surface area contributed by atoms with Crippen molar-refractivity contribution in [2.24, 2.45) is 11.7 Å². The van der Waals surface area contributed by atoms with Gasteiger partial charge >= 0.3 is 5.69 Å². The van der Waals surface area contributed by atoms with Gasteiger partial charge in [0.15, 0.2) is 5.82 Å². The van der Waals surface area contributed by atoms with E-state index < -0.39 is 39.7 Å². The van der Waals surface area contributed by atoms with E-state index in [1.54, 1.807) is 0 Å². The van der Waals surface area contributed by atoms with Crippen molar-refractivity contribution in [3.05, 3.63) is 39.7 Å². The van der Waals surface area contributed by atoms with Crippen LogP contribution in [0, 0.1) is 27.7 Å². The standard InChI is InChI=1S/C12H10F2N4O3/c13-6-3-4-7(18(19)20)9(14)8(6)12-16-11(17-21-12)10(15)5-1-2-5/h3-5,10H,1-2,15H2. The molecule has 0 spiro atoms. The van der Waals surface area contributed by atoms with Crippen molar-refractivity contribution in [3.63, 3.8) is 0 Å². The summed E-state index contributed by atoms with van der Waals surface area (Å²) in [5, 5.41) is 14.3. The van der Waals surface area contributed by atoms with Crippen molar-refractivity contribution in [1.29, 1.82) is 0 Å². The zero-order chi connectivity index (χ0) is 15.1. The van der Waals surface area contributed by atoms with Crippen LogP contribution in [0.4, 0.5) is 14.5 Å². The molecule has 7 nitrogen and oxygen atoms in total. The van der Waals surface area contributed by atoms with Gasteiger partial charge in [0.1, 0.15) is 11.4 Å². The number of hydrogen-bond donors (Lipinski definition) is 1. The van der Waals surface area contributed by atoms with Crippen molar-refractivity contribution in [2.45, 2.75) is 18.9 Å². The fourth-order valence-electron chi connectivity index (χ4n) is 2.02. The van der Waals surface area contributed by atoms with Gasteiger partial charge < -0.3 is 10.3 Å². The molecule has 1 saturated carbocycles. The second-order valence-corrected chi connectivity index (χ2v) is 4.83. The lowest BCUT2D eigenvalue weighted by molar-refractivity contribution is -0.387. The minimum atomic E-state index is -1.35. The lowest BCUT2D eigenvalue weighted by Crippen LogP contribution is -2.14. The maximum absolute atomic E-state index is 14.0. The number of benzene rings is 1. The Morgan fingerprint density at radius 1 is 1.43 bits per heavy atom. The van der Waals surface area contributed by atoms with Crippen molar-refractivity contribution in [3.8, 4) is 11.5 Å². The van der Waals surface area contributed by atoms with E-state index >= 15 is 0 Å². The third-order valence-electron chi connectivity index (χ3n) is 3.35. The normalized spacial score (nSPS) is 16.0. The summed E-state index contributed by atoms with van der Waals surface area (Å²) in [7, 11) is 0. The molecule has 2 N–H and O–H groups in total. The molecule has 1 atom stereocenters. The maximum Gasteiger partial charge on any atom is 0.305 e. The topological polar surface area (TPSA) is 108 Å². The van der Waals surface area contributed by atoms with Crippen LogP contribution in [0.25, 0.3) is 11.5 Å². The highest BCUT2D eigenvalue weighted by Crippen LogP contribution is 2.39. The molecule has 1 aliphatic carbocycles. The molecule has 9 heteroatoms. The number of nitro benzene ring substituents is 1. The van der Waals surface area contributed by atoms with Gasteiger partial charge in [-0.2, -0.15) is 9.37 Å². The van der Waals surface area contributed by atoms with Crippen LogP contribution >= 0.6 is 0 Å². The Balaban J connectivity index is 2.03. The van der Waals surface area contributed by atoms with Crippen LogP contribution in [0.3, 0.4) is 0 Å². The van der Waals surface area contributed by atoms with Crippen LogP contribution in [0.2, 0.25) is 0 Å². The quantitative estimate of drug-likeness (QED) is 0.685. The third-order valence-corrected chi connectivity index (χ3v) is 3.35. The Kier molecular flexibility index (Phi) is 3.13. The molecule has 1 unspecified atom stereocenters. The summed E-state index contributed by atoms with van der Waals surface area (Å²) in [6, 6.07) is 1.05. The molecule has 2 aromatic rings. The number of aromatic nitrogens is 2. The summed E-state index contributed by atoms with van der Waals surface area (Å²) in [5.74, 6) is -2.46. The smallest absolute Gasteiger partial charge is 0.305 e. The predicted molar refractivity (Wildman–Crippen MR) is 66.0 cm³/mol. The van der Waals surface area contributed by atoms with Crippen LogP contribution in [0.1, 0.15) is 24.7 Å². The average Bonchev–Trinajstić information content (AvgIpc) is 3.17. The second kappa shape index (κ2) is 4.85. The molecule has 3 rings (SSSR count). The highest BCUT2D eigenvalue weighted by atomic mass is 19.1. The number of rotatable bonds is 4. The van der Waals surface area contributed by atoms with Gasteiger partial charge in [0.2, 0.25) is 5.82 Å². The van der Waals surface area contributed by atoms with Gasteiger partial charge in [0.25, 0.3) is 5.89 Å². The summed E-state index contributed by atoms with van der Waals surface area (Å²) >= 11 is 0. The summed E-state index contributed by atoms with van der Waals surface area (Å²) < 4.78 is 32.6. The van der Waals surface area contributed by atoms with Gasteiger partial charge in [0, 0.05) is 6.07 Å². The molecule has 110 valence electrons. The highest BCUT2D eigenvalue weighted by Gasteiger charge is 2.34. The number of nitrogens with zero attached hydrogens (tertiary/aromatic N) is 3. The first kappa shape index (κ1) is 13.6. The number of nitrogens with two attached hydrogens (primary N) is 1. The molecule has 1 fully saturated rings.